The summed E-state index contributed by atoms with van der Waals surface area (Å²) in [5.74, 6) is 0.157. The number of methoxy groups -OCH3 is 1. The van der Waals surface area contributed by atoms with Gasteiger partial charge < -0.3 is 15.2 Å². The minimum absolute atomic E-state index is 0.0586. The van der Waals surface area contributed by atoms with E-state index >= 15 is 0 Å². The fourth-order valence-electron chi connectivity index (χ4n) is 2.20. The van der Waals surface area contributed by atoms with Gasteiger partial charge in [-0.2, -0.15) is 0 Å². The summed E-state index contributed by atoms with van der Waals surface area (Å²) in [6, 6.07) is 10.1. The number of ether oxygens (including phenoxy) is 1. The molecule has 2 rings (SSSR count). The van der Waals surface area contributed by atoms with Crippen molar-refractivity contribution in [1.82, 2.24) is 5.32 Å². The van der Waals surface area contributed by atoms with Gasteiger partial charge in [0.2, 0.25) is 0 Å². The first-order valence-electron chi connectivity index (χ1n) is 7.91. The van der Waals surface area contributed by atoms with Crippen molar-refractivity contribution < 1.29 is 14.6 Å². The number of carbonyl (C=O) groups excluding carboxylic acids is 1. The Morgan fingerprint density at radius 1 is 1.19 bits per heavy atom. The highest BCUT2D eigenvalue weighted by Gasteiger charge is 2.19. The van der Waals surface area contributed by atoms with Crippen molar-refractivity contribution in [3.8, 4) is 11.5 Å². The molecule has 0 saturated carbocycles. The fourth-order valence-corrected chi connectivity index (χ4v) is 2.62. The number of phenolic OH excluding ortho intramolecular Hbond substituents is 1. The quantitative estimate of drug-likeness (QED) is 0.530. The Morgan fingerprint density at radius 2 is 1.81 bits per heavy atom. The van der Waals surface area contributed by atoms with Gasteiger partial charge in [0, 0.05) is 5.56 Å². The number of thiocarbonyl (C=S) groups is 1. The van der Waals surface area contributed by atoms with Crippen LogP contribution in [0.3, 0.4) is 0 Å². The zero-order chi connectivity index (χ0) is 19.5. The molecule has 0 heterocycles. The lowest BCUT2D eigenvalue weighted by Gasteiger charge is -2.21. The molecule has 0 aliphatic heterocycles. The Hall–Kier alpha value is -2.31. The molecule has 0 bridgehead atoms. The highest BCUT2D eigenvalue weighted by molar-refractivity contribution is 7.80. The number of carbonyl (C=O) groups is 1. The molecule has 0 fully saturated rings. The standard InChI is InChI=1S/C19H21ClN2O3S/c1-19(2,3)12-9-14(20)16(23)15(10-12)21-18(26)22-17(24)11-5-7-13(25-4)8-6-11/h5-10,23H,1-4H3,(H2,21,22,24,26). The summed E-state index contributed by atoms with van der Waals surface area (Å²) in [5, 5.41) is 15.8. The van der Waals surface area contributed by atoms with Crippen molar-refractivity contribution in [1.29, 1.82) is 0 Å². The zero-order valence-corrected chi connectivity index (χ0v) is 16.6. The summed E-state index contributed by atoms with van der Waals surface area (Å²) in [4.78, 5) is 12.3. The molecular formula is C19H21ClN2O3S. The summed E-state index contributed by atoms with van der Waals surface area (Å²) >= 11 is 11.3. The number of amides is 1. The maximum Gasteiger partial charge on any atom is 0.257 e. The van der Waals surface area contributed by atoms with Crippen molar-refractivity contribution >= 4 is 40.5 Å². The molecule has 5 nitrogen and oxygen atoms in total. The summed E-state index contributed by atoms with van der Waals surface area (Å²) in [7, 11) is 1.55. The molecule has 1 amide bonds. The lowest BCUT2D eigenvalue weighted by atomic mass is 9.87. The van der Waals surface area contributed by atoms with E-state index in [4.69, 9.17) is 28.6 Å². The monoisotopic (exact) mass is 392 g/mol. The molecule has 138 valence electrons. The van der Waals surface area contributed by atoms with Gasteiger partial charge in [-0.15, -0.1) is 0 Å². The summed E-state index contributed by atoms with van der Waals surface area (Å²) in [6.07, 6.45) is 0. The third kappa shape index (κ3) is 4.86. The van der Waals surface area contributed by atoms with Crippen LogP contribution in [0.1, 0.15) is 36.7 Å². The predicted octanol–water partition coefficient (Wildman–Crippen LogP) is 4.48. The van der Waals surface area contributed by atoms with Gasteiger partial charge in [-0.1, -0.05) is 32.4 Å². The van der Waals surface area contributed by atoms with Crippen LogP contribution in [-0.2, 0) is 5.41 Å². The molecule has 0 aliphatic carbocycles. The van der Waals surface area contributed by atoms with Crippen LogP contribution in [0.15, 0.2) is 36.4 Å². The first kappa shape index (κ1) is 20.0. The van der Waals surface area contributed by atoms with E-state index in [0.717, 1.165) is 5.56 Å². The van der Waals surface area contributed by atoms with Crippen LogP contribution in [0.25, 0.3) is 0 Å². The van der Waals surface area contributed by atoms with Crippen molar-refractivity contribution in [2.24, 2.45) is 0 Å². The van der Waals surface area contributed by atoms with E-state index in [1.165, 1.54) is 0 Å². The van der Waals surface area contributed by atoms with Crippen molar-refractivity contribution in [2.45, 2.75) is 26.2 Å². The van der Waals surface area contributed by atoms with Crippen molar-refractivity contribution in [2.75, 3.05) is 12.4 Å². The minimum atomic E-state index is -0.372. The highest BCUT2D eigenvalue weighted by Crippen LogP contribution is 2.37. The van der Waals surface area contributed by atoms with Crippen LogP contribution in [-0.4, -0.2) is 23.2 Å². The molecule has 2 aromatic rings. The molecule has 0 aliphatic rings. The Kier molecular flexibility index (Phi) is 6.10. The van der Waals surface area contributed by atoms with E-state index in [9.17, 15) is 9.90 Å². The second-order valence-corrected chi connectivity index (χ2v) is 7.56. The SMILES string of the molecule is COc1ccc(C(=O)NC(=S)Nc2cc(C(C)(C)C)cc(Cl)c2O)cc1. The largest absolute Gasteiger partial charge is 0.504 e. The molecule has 3 N–H and O–H groups in total. The van der Waals surface area contributed by atoms with Gasteiger partial charge in [-0.05, 0) is 59.6 Å². The second kappa shape index (κ2) is 7.93. The Balaban J connectivity index is 2.14. The van der Waals surface area contributed by atoms with E-state index in [1.807, 2.05) is 20.8 Å². The molecule has 7 heteroatoms. The van der Waals surface area contributed by atoms with E-state index in [1.54, 1.807) is 43.5 Å². The van der Waals surface area contributed by atoms with Gasteiger partial charge in [-0.3, -0.25) is 10.1 Å². The number of anilines is 1. The number of rotatable bonds is 3. The lowest BCUT2D eigenvalue weighted by molar-refractivity contribution is 0.0977. The van der Waals surface area contributed by atoms with Gasteiger partial charge in [0.25, 0.3) is 5.91 Å². The van der Waals surface area contributed by atoms with Crippen LogP contribution in [0.2, 0.25) is 5.02 Å². The first-order chi connectivity index (χ1) is 12.1. The van der Waals surface area contributed by atoms with Gasteiger partial charge in [0.1, 0.15) is 5.75 Å². The van der Waals surface area contributed by atoms with Crippen LogP contribution in [0.4, 0.5) is 5.69 Å². The molecule has 0 radical (unpaired) electrons. The lowest BCUT2D eigenvalue weighted by Crippen LogP contribution is -2.34. The normalized spacial score (nSPS) is 11.0. The first-order valence-corrected chi connectivity index (χ1v) is 8.70. The van der Waals surface area contributed by atoms with E-state index < -0.39 is 0 Å². The maximum absolute atomic E-state index is 12.3. The zero-order valence-electron chi connectivity index (χ0n) is 15.0. The topological polar surface area (TPSA) is 70.6 Å². The molecular weight excluding hydrogens is 372 g/mol. The number of aromatic hydroxyl groups is 1. The average Bonchev–Trinajstić information content (AvgIpc) is 2.57. The number of nitrogens with one attached hydrogen (secondary N) is 2. The molecule has 0 atom stereocenters. The van der Waals surface area contributed by atoms with E-state index in [0.29, 0.717) is 17.0 Å². The fraction of sp³-hybridized carbons (Fsp3) is 0.263. The maximum atomic E-state index is 12.3. The van der Waals surface area contributed by atoms with Gasteiger partial charge >= 0.3 is 0 Å². The van der Waals surface area contributed by atoms with Crippen molar-refractivity contribution in [3.05, 3.63) is 52.5 Å². The number of hydrogen-bond donors (Lipinski definition) is 3. The third-order valence-corrected chi connectivity index (χ3v) is 4.25. The molecule has 0 aromatic heterocycles. The number of phenols is 1. The van der Waals surface area contributed by atoms with Crippen LogP contribution < -0.4 is 15.4 Å². The number of benzene rings is 2. The predicted molar refractivity (Wildman–Crippen MR) is 108 cm³/mol. The third-order valence-electron chi connectivity index (χ3n) is 3.76. The Morgan fingerprint density at radius 3 is 2.35 bits per heavy atom. The highest BCUT2D eigenvalue weighted by atomic mass is 35.5. The van der Waals surface area contributed by atoms with E-state index in [-0.39, 0.29) is 27.2 Å². The molecule has 0 saturated heterocycles. The van der Waals surface area contributed by atoms with Gasteiger partial charge in [0.05, 0.1) is 17.8 Å². The van der Waals surface area contributed by atoms with Gasteiger partial charge in [0.15, 0.2) is 10.9 Å². The van der Waals surface area contributed by atoms with E-state index in [2.05, 4.69) is 10.6 Å². The van der Waals surface area contributed by atoms with Crippen LogP contribution in [0, 0.1) is 0 Å². The van der Waals surface area contributed by atoms with Crippen LogP contribution in [0.5, 0.6) is 11.5 Å². The number of hydrogen-bond acceptors (Lipinski definition) is 4. The average molecular weight is 393 g/mol. The minimum Gasteiger partial charge on any atom is -0.504 e. The summed E-state index contributed by atoms with van der Waals surface area (Å²) in [5.41, 5.74) is 1.53. The van der Waals surface area contributed by atoms with Gasteiger partial charge in [-0.25, -0.2) is 0 Å². The number of halogens is 1. The Bertz CT molecular complexity index is 830. The summed E-state index contributed by atoms with van der Waals surface area (Å²) in [6.45, 7) is 6.09. The molecule has 2 aromatic carbocycles. The molecule has 0 unspecified atom stereocenters. The Labute approximate surface area is 163 Å². The second-order valence-electron chi connectivity index (χ2n) is 6.74. The molecule has 26 heavy (non-hydrogen) atoms. The van der Waals surface area contributed by atoms with Crippen molar-refractivity contribution in [3.63, 3.8) is 0 Å². The van der Waals surface area contributed by atoms with Crippen LogP contribution >= 0.6 is 23.8 Å². The molecule has 0 spiro atoms. The smallest absolute Gasteiger partial charge is 0.257 e. The summed E-state index contributed by atoms with van der Waals surface area (Å²) < 4.78 is 5.06.